The Morgan fingerprint density at radius 2 is 2.11 bits per heavy atom. The third-order valence-corrected chi connectivity index (χ3v) is 4.26. The topological polar surface area (TPSA) is 78.9 Å². The number of nitrogens with two attached hydrogens (primary N) is 1. The molecule has 1 rings (SSSR count). The second-order valence-corrected chi connectivity index (χ2v) is 5.64. The molecule has 3 atom stereocenters. The average Bonchev–Trinajstić information content (AvgIpc) is 2.43. The van der Waals surface area contributed by atoms with Gasteiger partial charge in [0.1, 0.15) is 0 Å². The second-order valence-electron chi connectivity index (χ2n) is 5.64. The van der Waals surface area contributed by atoms with Crippen molar-refractivity contribution in [2.75, 3.05) is 7.05 Å². The summed E-state index contributed by atoms with van der Waals surface area (Å²) in [6.07, 6.45) is 6.11. The lowest BCUT2D eigenvalue weighted by atomic mass is 9.84. The first-order chi connectivity index (χ1) is 9.02. The molecule has 1 aliphatic rings. The van der Waals surface area contributed by atoms with Gasteiger partial charge in [0.25, 0.3) is 0 Å². The maximum atomic E-state index is 12.5. The quantitative estimate of drug-likeness (QED) is 0.347. The molecule has 0 aliphatic heterocycles. The fourth-order valence-electron chi connectivity index (χ4n) is 3.04. The summed E-state index contributed by atoms with van der Waals surface area (Å²) in [6, 6.07) is 0.284. The van der Waals surface area contributed by atoms with Crippen LogP contribution in [0.25, 0.3) is 0 Å². The van der Waals surface area contributed by atoms with Gasteiger partial charge in [0, 0.05) is 13.1 Å². The number of rotatable bonds is 5. The van der Waals surface area contributed by atoms with Crippen LogP contribution < -0.4 is 5.73 Å². The zero-order valence-electron chi connectivity index (χ0n) is 12.3. The van der Waals surface area contributed by atoms with Crippen molar-refractivity contribution in [2.45, 2.75) is 58.4 Å². The minimum absolute atomic E-state index is 0.0177. The van der Waals surface area contributed by atoms with E-state index < -0.39 is 5.92 Å². The summed E-state index contributed by atoms with van der Waals surface area (Å²) in [5.41, 5.74) is 5.66. The Morgan fingerprint density at radius 3 is 2.63 bits per heavy atom. The lowest BCUT2D eigenvalue weighted by Crippen LogP contribution is -2.48. The molecule has 0 aromatic heterocycles. The molecule has 0 spiro atoms. The fourth-order valence-corrected chi connectivity index (χ4v) is 3.04. The molecule has 3 N–H and O–H groups in total. The van der Waals surface area contributed by atoms with Crippen LogP contribution in [0, 0.1) is 11.8 Å². The minimum Gasteiger partial charge on any atom is -0.409 e. The first-order valence-electron chi connectivity index (χ1n) is 7.27. The zero-order chi connectivity index (χ0) is 14.4. The predicted octanol–water partition coefficient (Wildman–Crippen LogP) is 2.19. The Labute approximate surface area is 115 Å². The maximum Gasteiger partial charge on any atom is 0.233 e. The molecule has 0 aromatic carbocycles. The average molecular weight is 269 g/mol. The van der Waals surface area contributed by atoms with Gasteiger partial charge in [-0.25, -0.2) is 0 Å². The van der Waals surface area contributed by atoms with Crippen LogP contribution >= 0.6 is 0 Å². The summed E-state index contributed by atoms with van der Waals surface area (Å²) in [5.74, 6) is 0.0458. The normalized spacial score (nSPS) is 25.9. The molecule has 5 nitrogen and oxygen atoms in total. The van der Waals surface area contributed by atoms with E-state index in [9.17, 15) is 4.79 Å². The summed E-state index contributed by atoms with van der Waals surface area (Å²) >= 11 is 0. The summed E-state index contributed by atoms with van der Waals surface area (Å²) in [4.78, 5) is 14.4. The number of nitrogens with zero attached hydrogens (tertiary/aromatic N) is 2. The van der Waals surface area contributed by atoms with E-state index in [-0.39, 0.29) is 17.8 Å². The lowest BCUT2D eigenvalue weighted by Gasteiger charge is -2.37. The Kier molecular flexibility index (Phi) is 6.12. The van der Waals surface area contributed by atoms with Crippen molar-refractivity contribution in [1.82, 2.24) is 4.90 Å². The van der Waals surface area contributed by atoms with E-state index >= 15 is 0 Å². The summed E-state index contributed by atoms with van der Waals surface area (Å²) in [5, 5.41) is 11.8. The largest absolute Gasteiger partial charge is 0.409 e. The van der Waals surface area contributed by atoms with Crippen LogP contribution in [0.3, 0.4) is 0 Å². The van der Waals surface area contributed by atoms with Crippen molar-refractivity contribution in [3.05, 3.63) is 0 Å². The number of hydrogen-bond donors (Lipinski definition) is 2. The van der Waals surface area contributed by atoms with Crippen molar-refractivity contribution < 1.29 is 10.0 Å². The first-order valence-corrected chi connectivity index (χ1v) is 7.27. The van der Waals surface area contributed by atoms with E-state index in [1.165, 1.54) is 19.3 Å². The van der Waals surface area contributed by atoms with Crippen molar-refractivity contribution in [3.63, 3.8) is 0 Å². The first kappa shape index (κ1) is 15.8. The third-order valence-electron chi connectivity index (χ3n) is 4.26. The molecule has 1 amide bonds. The van der Waals surface area contributed by atoms with Crippen LogP contribution in [0.15, 0.2) is 5.16 Å². The van der Waals surface area contributed by atoms with Crippen LogP contribution in [-0.4, -0.2) is 34.9 Å². The SMILES string of the molecule is CCCC(C(=O)N(C)C1CCCCC1C)C(N)=NO. The second kappa shape index (κ2) is 7.36. The summed E-state index contributed by atoms with van der Waals surface area (Å²) < 4.78 is 0. The predicted molar refractivity (Wildman–Crippen MR) is 76.0 cm³/mol. The van der Waals surface area contributed by atoms with Gasteiger partial charge < -0.3 is 15.8 Å². The molecule has 0 radical (unpaired) electrons. The van der Waals surface area contributed by atoms with E-state index in [1.54, 1.807) is 0 Å². The molecule has 0 saturated heterocycles. The van der Waals surface area contributed by atoms with E-state index in [4.69, 9.17) is 10.9 Å². The van der Waals surface area contributed by atoms with Gasteiger partial charge in [-0.1, -0.05) is 38.3 Å². The number of carbonyl (C=O) groups excluding carboxylic acids is 1. The summed E-state index contributed by atoms with van der Waals surface area (Å²) in [7, 11) is 1.85. The van der Waals surface area contributed by atoms with Crippen LogP contribution in [0.5, 0.6) is 0 Å². The Bertz CT molecular complexity index is 331. The van der Waals surface area contributed by atoms with Crippen LogP contribution in [0.1, 0.15) is 52.4 Å². The molecular weight excluding hydrogens is 242 g/mol. The molecule has 3 unspecified atom stereocenters. The highest BCUT2D eigenvalue weighted by Gasteiger charge is 2.32. The molecule has 0 heterocycles. The van der Waals surface area contributed by atoms with Gasteiger partial charge in [-0.15, -0.1) is 0 Å². The number of amides is 1. The van der Waals surface area contributed by atoms with Crippen molar-refractivity contribution in [3.8, 4) is 0 Å². The van der Waals surface area contributed by atoms with Gasteiger partial charge in [-0.05, 0) is 25.2 Å². The highest BCUT2D eigenvalue weighted by atomic mass is 16.4. The van der Waals surface area contributed by atoms with Gasteiger partial charge in [0.15, 0.2) is 5.84 Å². The van der Waals surface area contributed by atoms with E-state index in [1.807, 2.05) is 18.9 Å². The molecule has 1 aliphatic carbocycles. The molecule has 0 bridgehead atoms. The zero-order valence-corrected chi connectivity index (χ0v) is 12.3. The van der Waals surface area contributed by atoms with E-state index in [0.717, 1.165) is 12.8 Å². The van der Waals surface area contributed by atoms with Gasteiger partial charge in [0.2, 0.25) is 5.91 Å². The van der Waals surface area contributed by atoms with E-state index in [0.29, 0.717) is 12.3 Å². The summed E-state index contributed by atoms with van der Waals surface area (Å²) in [6.45, 7) is 4.19. The van der Waals surface area contributed by atoms with Crippen LogP contribution in [0.2, 0.25) is 0 Å². The smallest absolute Gasteiger partial charge is 0.233 e. The molecule has 19 heavy (non-hydrogen) atoms. The minimum atomic E-state index is -0.492. The van der Waals surface area contributed by atoms with Crippen molar-refractivity contribution in [2.24, 2.45) is 22.7 Å². The Morgan fingerprint density at radius 1 is 1.47 bits per heavy atom. The van der Waals surface area contributed by atoms with Gasteiger partial charge in [-0.2, -0.15) is 0 Å². The van der Waals surface area contributed by atoms with Gasteiger partial charge >= 0.3 is 0 Å². The third kappa shape index (κ3) is 3.85. The molecule has 5 heteroatoms. The number of amidine groups is 1. The molecular formula is C14H27N3O2. The maximum absolute atomic E-state index is 12.5. The molecule has 1 saturated carbocycles. The fraction of sp³-hybridized carbons (Fsp3) is 0.857. The Hall–Kier alpha value is -1.26. The highest BCUT2D eigenvalue weighted by Crippen LogP contribution is 2.28. The van der Waals surface area contributed by atoms with E-state index in [2.05, 4.69) is 12.1 Å². The van der Waals surface area contributed by atoms with Gasteiger partial charge in [-0.3, -0.25) is 4.79 Å². The van der Waals surface area contributed by atoms with Crippen molar-refractivity contribution >= 4 is 11.7 Å². The number of oxime groups is 1. The van der Waals surface area contributed by atoms with Crippen LogP contribution in [0.4, 0.5) is 0 Å². The van der Waals surface area contributed by atoms with Crippen molar-refractivity contribution in [1.29, 1.82) is 0 Å². The standard InChI is InChI=1S/C14H27N3O2/c1-4-7-11(13(15)16-19)14(18)17(3)12-9-6-5-8-10(12)2/h10-12,19H,4-9H2,1-3H3,(H2,15,16). The van der Waals surface area contributed by atoms with Crippen LogP contribution in [-0.2, 0) is 4.79 Å². The molecule has 0 aromatic rings. The number of hydrogen-bond acceptors (Lipinski definition) is 3. The lowest BCUT2D eigenvalue weighted by molar-refractivity contribution is -0.136. The Balaban J connectivity index is 2.77. The monoisotopic (exact) mass is 269 g/mol. The molecule has 1 fully saturated rings. The molecule has 110 valence electrons. The number of carbonyl (C=O) groups is 1. The highest BCUT2D eigenvalue weighted by molar-refractivity contribution is 6.02. The van der Waals surface area contributed by atoms with Gasteiger partial charge in [0.05, 0.1) is 5.92 Å².